The fraction of sp³-hybridized carbons (Fsp3) is 0.235. The van der Waals surface area contributed by atoms with Gasteiger partial charge in [-0.1, -0.05) is 42.5 Å². The van der Waals surface area contributed by atoms with Gasteiger partial charge in [0.1, 0.15) is 11.9 Å². The van der Waals surface area contributed by atoms with Crippen LogP contribution in [0.5, 0.6) is 0 Å². The van der Waals surface area contributed by atoms with Crippen LogP contribution in [-0.4, -0.2) is 11.4 Å². The standard InChI is InChI=1S/C17H15FN2/c18-16-8-4-3-7-15(16)17(11-19)20-10-9-13-5-1-2-6-14(13)12-20/h1-8,17H,9-10,12H2. The van der Waals surface area contributed by atoms with E-state index < -0.39 is 6.04 Å². The summed E-state index contributed by atoms with van der Waals surface area (Å²) >= 11 is 0. The summed E-state index contributed by atoms with van der Waals surface area (Å²) in [6, 6.07) is 16.5. The van der Waals surface area contributed by atoms with Gasteiger partial charge in [0.05, 0.1) is 6.07 Å². The summed E-state index contributed by atoms with van der Waals surface area (Å²) < 4.78 is 13.9. The normalized spacial score (nSPS) is 16.2. The molecule has 0 aliphatic carbocycles. The first-order chi connectivity index (χ1) is 9.79. The van der Waals surface area contributed by atoms with Gasteiger partial charge < -0.3 is 0 Å². The molecule has 100 valence electrons. The predicted octanol–water partition coefficient (Wildman–Crippen LogP) is 3.45. The van der Waals surface area contributed by atoms with E-state index in [4.69, 9.17) is 0 Å². The van der Waals surface area contributed by atoms with E-state index in [0.717, 1.165) is 13.0 Å². The van der Waals surface area contributed by atoms with E-state index in [2.05, 4.69) is 18.2 Å². The topological polar surface area (TPSA) is 27.0 Å². The van der Waals surface area contributed by atoms with E-state index in [1.54, 1.807) is 18.2 Å². The Morgan fingerprint density at radius 1 is 1.05 bits per heavy atom. The molecule has 0 fully saturated rings. The van der Waals surface area contributed by atoms with Crippen LogP contribution in [0.25, 0.3) is 0 Å². The van der Waals surface area contributed by atoms with Gasteiger partial charge >= 0.3 is 0 Å². The molecule has 20 heavy (non-hydrogen) atoms. The zero-order valence-electron chi connectivity index (χ0n) is 11.1. The molecule has 0 saturated heterocycles. The molecule has 1 atom stereocenters. The first-order valence-corrected chi connectivity index (χ1v) is 6.74. The molecular weight excluding hydrogens is 251 g/mol. The second-order valence-electron chi connectivity index (χ2n) is 5.04. The van der Waals surface area contributed by atoms with Crippen molar-refractivity contribution in [1.29, 1.82) is 5.26 Å². The zero-order valence-corrected chi connectivity index (χ0v) is 11.1. The highest BCUT2D eigenvalue weighted by molar-refractivity contribution is 5.32. The van der Waals surface area contributed by atoms with E-state index in [-0.39, 0.29) is 5.82 Å². The Balaban J connectivity index is 1.90. The fourth-order valence-corrected chi connectivity index (χ4v) is 2.78. The van der Waals surface area contributed by atoms with Gasteiger partial charge in [-0.05, 0) is 23.6 Å². The van der Waals surface area contributed by atoms with Crippen LogP contribution < -0.4 is 0 Å². The highest BCUT2D eigenvalue weighted by atomic mass is 19.1. The Bertz CT molecular complexity index is 660. The average molecular weight is 266 g/mol. The van der Waals surface area contributed by atoms with E-state index in [1.807, 2.05) is 17.0 Å². The maximum atomic E-state index is 13.9. The maximum absolute atomic E-state index is 13.9. The van der Waals surface area contributed by atoms with Gasteiger partial charge in [-0.2, -0.15) is 5.26 Å². The van der Waals surface area contributed by atoms with Gasteiger partial charge in [0.15, 0.2) is 0 Å². The highest BCUT2D eigenvalue weighted by Crippen LogP contribution is 2.28. The Hall–Kier alpha value is -2.18. The lowest BCUT2D eigenvalue weighted by atomic mass is 9.97. The molecule has 1 heterocycles. The summed E-state index contributed by atoms with van der Waals surface area (Å²) in [7, 11) is 0. The molecule has 2 aromatic rings. The Morgan fingerprint density at radius 2 is 1.75 bits per heavy atom. The number of nitriles is 1. The van der Waals surface area contributed by atoms with Crippen LogP contribution in [0, 0.1) is 17.1 Å². The Kier molecular flexibility index (Phi) is 3.49. The number of hydrogen-bond acceptors (Lipinski definition) is 2. The summed E-state index contributed by atoms with van der Waals surface area (Å²) in [6.45, 7) is 1.48. The molecule has 0 saturated carbocycles. The van der Waals surface area contributed by atoms with E-state index in [9.17, 15) is 9.65 Å². The van der Waals surface area contributed by atoms with Crippen molar-refractivity contribution in [2.75, 3.05) is 6.54 Å². The Morgan fingerprint density at radius 3 is 2.50 bits per heavy atom. The minimum atomic E-state index is -0.524. The molecule has 3 heteroatoms. The number of rotatable bonds is 2. The van der Waals surface area contributed by atoms with E-state index >= 15 is 0 Å². The van der Waals surface area contributed by atoms with Gasteiger partial charge in [-0.15, -0.1) is 0 Å². The largest absolute Gasteiger partial charge is 0.280 e. The van der Waals surface area contributed by atoms with Crippen molar-refractivity contribution < 1.29 is 4.39 Å². The monoisotopic (exact) mass is 266 g/mol. The molecule has 0 spiro atoms. The third kappa shape index (κ3) is 2.31. The third-order valence-electron chi connectivity index (χ3n) is 3.85. The molecule has 0 amide bonds. The summed E-state index contributed by atoms with van der Waals surface area (Å²) in [4.78, 5) is 2.04. The molecule has 0 aromatic heterocycles. The van der Waals surface area contributed by atoms with Crippen LogP contribution in [0.2, 0.25) is 0 Å². The van der Waals surface area contributed by atoms with Gasteiger partial charge in [0.2, 0.25) is 0 Å². The first-order valence-electron chi connectivity index (χ1n) is 6.74. The Labute approximate surface area is 118 Å². The number of hydrogen-bond donors (Lipinski definition) is 0. The van der Waals surface area contributed by atoms with Gasteiger partial charge in [-0.3, -0.25) is 4.90 Å². The smallest absolute Gasteiger partial charge is 0.129 e. The molecule has 1 aliphatic rings. The molecular formula is C17H15FN2. The van der Waals surface area contributed by atoms with Crippen LogP contribution in [-0.2, 0) is 13.0 Å². The lowest BCUT2D eigenvalue weighted by molar-refractivity contribution is 0.213. The second-order valence-corrected chi connectivity index (χ2v) is 5.04. The molecule has 0 bridgehead atoms. The predicted molar refractivity (Wildman–Crippen MR) is 75.3 cm³/mol. The molecule has 2 aromatic carbocycles. The first kappa shape index (κ1) is 12.8. The maximum Gasteiger partial charge on any atom is 0.129 e. The van der Waals surface area contributed by atoms with Crippen molar-refractivity contribution in [2.45, 2.75) is 19.0 Å². The molecule has 0 N–H and O–H groups in total. The zero-order chi connectivity index (χ0) is 13.9. The number of nitrogens with zero attached hydrogens (tertiary/aromatic N) is 2. The highest BCUT2D eigenvalue weighted by Gasteiger charge is 2.26. The second kappa shape index (κ2) is 5.44. The van der Waals surface area contributed by atoms with Crippen LogP contribution in [0.1, 0.15) is 22.7 Å². The van der Waals surface area contributed by atoms with Crippen molar-refractivity contribution in [3.63, 3.8) is 0 Å². The van der Waals surface area contributed by atoms with Crippen molar-refractivity contribution in [2.24, 2.45) is 0 Å². The lowest BCUT2D eigenvalue weighted by Crippen LogP contribution is -2.33. The van der Waals surface area contributed by atoms with Crippen molar-refractivity contribution >= 4 is 0 Å². The van der Waals surface area contributed by atoms with Crippen molar-refractivity contribution in [3.05, 3.63) is 71.0 Å². The van der Waals surface area contributed by atoms with Crippen molar-refractivity contribution in [1.82, 2.24) is 4.90 Å². The van der Waals surface area contributed by atoms with E-state index in [0.29, 0.717) is 12.1 Å². The van der Waals surface area contributed by atoms with E-state index in [1.165, 1.54) is 17.2 Å². The average Bonchev–Trinajstić information content (AvgIpc) is 2.50. The third-order valence-corrected chi connectivity index (χ3v) is 3.85. The summed E-state index contributed by atoms with van der Waals surface area (Å²) in [5.74, 6) is -0.307. The number of fused-ring (bicyclic) bond motifs is 1. The number of benzene rings is 2. The van der Waals surface area contributed by atoms with Gasteiger partial charge in [0, 0.05) is 18.7 Å². The van der Waals surface area contributed by atoms with Gasteiger partial charge in [0.25, 0.3) is 0 Å². The van der Waals surface area contributed by atoms with Gasteiger partial charge in [-0.25, -0.2) is 4.39 Å². The van der Waals surface area contributed by atoms with Crippen LogP contribution in [0.15, 0.2) is 48.5 Å². The lowest BCUT2D eigenvalue weighted by Gasteiger charge is -2.32. The van der Waals surface area contributed by atoms with Crippen LogP contribution >= 0.6 is 0 Å². The molecule has 2 nitrogen and oxygen atoms in total. The molecule has 0 radical (unpaired) electrons. The van der Waals surface area contributed by atoms with Crippen molar-refractivity contribution in [3.8, 4) is 6.07 Å². The molecule has 1 aliphatic heterocycles. The SMILES string of the molecule is N#CC(c1ccccc1F)N1CCc2ccccc2C1. The minimum absolute atomic E-state index is 0.307. The summed E-state index contributed by atoms with van der Waals surface area (Å²) in [5, 5.41) is 9.45. The molecule has 1 unspecified atom stereocenters. The quantitative estimate of drug-likeness (QED) is 0.832. The van der Waals surface area contributed by atoms with Crippen LogP contribution in [0.3, 0.4) is 0 Å². The fourth-order valence-electron chi connectivity index (χ4n) is 2.78. The molecule has 3 rings (SSSR count). The minimum Gasteiger partial charge on any atom is -0.280 e. The summed E-state index contributed by atoms with van der Waals surface area (Å²) in [6.07, 6.45) is 0.906. The van der Waals surface area contributed by atoms with Crippen LogP contribution in [0.4, 0.5) is 4.39 Å². The summed E-state index contributed by atoms with van der Waals surface area (Å²) in [5.41, 5.74) is 3.03. The number of halogens is 1.